The molecule has 0 spiro atoms. The van der Waals surface area contributed by atoms with Crippen molar-refractivity contribution in [2.75, 3.05) is 0 Å². The summed E-state index contributed by atoms with van der Waals surface area (Å²) in [5.41, 5.74) is 1.60. The Morgan fingerprint density at radius 3 is 2.15 bits per heavy atom. The van der Waals surface area contributed by atoms with Gasteiger partial charge >= 0.3 is 18.3 Å². The van der Waals surface area contributed by atoms with Gasteiger partial charge in [0.15, 0.2) is 5.69 Å². The average molecular weight is 471 g/mol. The second-order valence-corrected chi connectivity index (χ2v) is 6.81. The number of halogens is 3. The minimum atomic E-state index is -4.52. The van der Waals surface area contributed by atoms with Gasteiger partial charge in [-0.2, -0.15) is 27.9 Å². The molecule has 2 aromatic carbocycles. The molecule has 2 aromatic heterocycles. The van der Waals surface area contributed by atoms with Gasteiger partial charge in [0.1, 0.15) is 5.69 Å². The van der Waals surface area contributed by atoms with E-state index in [9.17, 15) is 18.0 Å². The molecule has 0 radical (unpaired) electrons. The lowest BCUT2D eigenvalue weighted by molar-refractivity contribution is -0.191. The zero-order valence-electron chi connectivity index (χ0n) is 17.5. The quantitative estimate of drug-likeness (QED) is 0.470. The third-order valence-electron chi connectivity index (χ3n) is 4.77. The van der Waals surface area contributed by atoms with Crippen LogP contribution in [0.2, 0.25) is 0 Å². The van der Waals surface area contributed by atoms with Crippen LogP contribution < -0.4 is 0 Å². The number of alkyl halides is 3. The Morgan fingerprint density at radius 1 is 1.03 bits per heavy atom. The Hall–Kier alpha value is -4.57. The number of aromatic nitrogens is 5. The van der Waals surface area contributed by atoms with Gasteiger partial charge in [-0.15, -0.1) is 5.10 Å². The van der Waals surface area contributed by atoms with Crippen molar-refractivity contribution < 1.29 is 32.7 Å². The van der Waals surface area contributed by atoms with E-state index in [4.69, 9.17) is 14.7 Å². The van der Waals surface area contributed by atoms with E-state index in [2.05, 4.69) is 15.4 Å². The molecular formula is C22H16F3N5O4. The molecule has 174 valence electrons. The second kappa shape index (κ2) is 9.92. The summed E-state index contributed by atoms with van der Waals surface area (Å²) in [5, 5.41) is 21.0. The number of hydrogen-bond acceptors (Lipinski definition) is 6. The number of aromatic carboxylic acids is 1. The number of benzene rings is 2. The van der Waals surface area contributed by atoms with Crippen LogP contribution in [0.1, 0.15) is 28.5 Å². The predicted octanol–water partition coefficient (Wildman–Crippen LogP) is 3.82. The van der Waals surface area contributed by atoms with Crippen LogP contribution in [-0.4, -0.2) is 42.0 Å². The summed E-state index contributed by atoms with van der Waals surface area (Å²) in [6.07, 6.45) is -1.16. The molecule has 1 N–H and O–H groups in total. The van der Waals surface area contributed by atoms with Crippen molar-refractivity contribution in [3.63, 3.8) is 0 Å². The Kier molecular flexibility index (Phi) is 7.03. The van der Waals surface area contributed by atoms with Crippen molar-refractivity contribution in [2.45, 2.75) is 19.5 Å². The summed E-state index contributed by atoms with van der Waals surface area (Å²) in [6, 6.07) is 12.5. The maximum Gasteiger partial charge on any atom is 0.433 e. The first-order valence-corrected chi connectivity index (χ1v) is 9.69. The van der Waals surface area contributed by atoms with Crippen LogP contribution in [-0.2, 0) is 22.2 Å². The van der Waals surface area contributed by atoms with Gasteiger partial charge in [-0.05, 0) is 42.8 Å². The van der Waals surface area contributed by atoms with E-state index in [1.165, 1.54) is 35.1 Å². The van der Waals surface area contributed by atoms with Crippen molar-refractivity contribution in [2.24, 2.45) is 0 Å². The predicted molar refractivity (Wildman–Crippen MR) is 110 cm³/mol. The van der Waals surface area contributed by atoms with E-state index in [0.29, 0.717) is 16.9 Å². The molecule has 4 rings (SSSR count). The number of carboxylic acid groups (broad SMARTS) is 1. The second-order valence-electron chi connectivity index (χ2n) is 6.81. The van der Waals surface area contributed by atoms with E-state index in [-0.39, 0.29) is 29.4 Å². The van der Waals surface area contributed by atoms with Gasteiger partial charge in [0.05, 0.1) is 29.3 Å². The Balaban J connectivity index is 0.00000103. The molecule has 34 heavy (non-hydrogen) atoms. The van der Waals surface area contributed by atoms with Crippen LogP contribution in [0.4, 0.5) is 13.2 Å². The van der Waals surface area contributed by atoms with Gasteiger partial charge in [0.25, 0.3) is 0 Å². The van der Waals surface area contributed by atoms with Gasteiger partial charge in [0.2, 0.25) is 0 Å². The number of aryl methyl sites for hydroxylation is 1. The van der Waals surface area contributed by atoms with Gasteiger partial charge in [0, 0.05) is 11.1 Å². The van der Waals surface area contributed by atoms with Crippen LogP contribution in [0.5, 0.6) is 0 Å². The molecule has 0 saturated heterocycles. The van der Waals surface area contributed by atoms with Crippen molar-refractivity contribution in [3.8, 4) is 22.6 Å². The number of nitrogens with zero attached hydrogens (tertiary/aromatic N) is 5. The molecule has 0 aliphatic carbocycles. The lowest BCUT2D eigenvalue weighted by Crippen LogP contribution is -2.15. The van der Waals surface area contributed by atoms with E-state index in [1.54, 1.807) is 37.4 Å². The van der Waals surface area contributed by atoms with E-state index < -0.39 is 17.8 Å². The maximum absolute atomic E-state index is 13.5. The van der Waals surface area contributed by atoms with Crippen molar-refractivity contribution in [1.29, 1.82) is 0 Å². The molecule has 0 aliphatic rings. The summed E-state index contributed by atoms with van der Waals surface area (Å²) < 4.78 is 42.8. The Labute approximate surface area is 190 Å². The molecule has 0 atom stereocenters. The first-order chi connectivity index (χ1) is 16.2. The average Bonchev–Trinajstić information content (AvgIpc) is 3.47. The highest BCUT2D eigenvalue weighted by molar-refractivity contribution is 5.88. The molecule has 0 bridgehead atoms. The highest BCUT2D eigenvalue weighted by Gasteiger charge is 2.38. The number of carbonyl (C=O) groups is 1. The lowest BCUT2D eigenvalue weighted by atomic mass is 10.1. The molecule has 0 unspecified atom stereocenters. The van der Waals surface area contributed by atoms with Crippen molar-refractivity contribution in [1.82, 2.24) is 24.8 Å². The van der Waals surface area contributed by atoms with Crippen molar-refractivity contribution >= 4 is 12.1 Å². The van der Waals surface area contributed by atoms with Crippen LogP contribution >= 0.6 is 0 Å². The van der Waals surface area contributed by atoms with Crippen LogP contribution in [0.25, 0.3) is 22.6 Å². The van der Waals surface area contributed by atoms with E-state index in [1.807, 2.05) is 0 Å². The standard InChI is InChI=1S/C21H16F3N5O2.CO2/c1-2-13-11-25-29(19(13)21(22,23)24)17-9-7-16(8-10-17)28-12-18(26-27-28)14-3-5-15(6-4-14)20(30)31;2-1-3/h3-12H,2H2,1H3,(H,30,31);. The Morgan fingerprint density at radius 2 is 1.62 bits per heavy atom. The fourth-order valence-electron chi connectivity index (χ4n) is 3.19. The number of carboxylic acids is 1. The summed E-state index contributed by atoms with van der Waals surface area (Å²) in [5.74, 6) is -1.02. The minimum absolute atomic E-state index is 0.131. The molecular weight excluding hydrogens is 455 g/mol. The highest BCUT2D eigenvalue weighted by atomic mass is 19.4. The molecule has 0 aliphatic heterocycles. The van der Waals surface area contributed by atoms with E-state index in [0.717, 1.165) is 4.68 Å². The number of hydrogen-bond donors (Lipinski definition) is 1. The van der Waals surface area contributed by atoms with Gasteiger partial charge in [-0.3, -0.25) is 0 Å². The minimum Gasteiger partial charge on any atom is -0.478 e. The first-order valence-electron chi connectivity index (χ1n) is 9.69. The van der Waals surface area contributed by atoms with Crippen LogP contribution in [0, 0.1) is 0 Å². The molecule has 2 heterocycles. The number of rotatable bonds is 5. The summed E-state index contributed by atoms with van der Waals surface area (Å²) in [6.45, 7) is 1.65. The molecule has 4 aromatic rings. The van der Waals surface area contributed by atoms with Crippen molar-refractivity contribution in [3.05, 3.63) is 77.7 Å². The van der Waals surface area contributed by atoms with Gasteiger partial charge in [-0.1, -0.05) is 24.3 Å². The van der Waals surface area contributed by atoms with Gasteiger partial charge in [-0.25, -0.2) is 14.2 Å². The lowest BCUT2D eigenvalue weighted by Gasteiger charge is -2.12. The molecule has 0 fully saturated rings. The molecule has 0 amide bonds. The third-order valence-corrected chi connectivity index (χ3v) is 4.77. The van der Waals surface area contributed by atoms with Crippen LogP contribution in [0.15, 0.2) is 60.9 Å². The first kappa shape index (κ1) is 24.1. The summed E-state index contributed by atoms with van der Waals surface area (Å²) in [7, 11) is 0. The zero-order valence-corrected chi connectivity index (χ0v) is 17.5. The SMILES string of the molecule is CCc1cnn(-c2ccc(-n3cc(-c4ccc(C(=O)O)cc4)nn3)cc2)c1C(F)(F)F.O=C=O. The normalized spacial score (nSPS) is 10.8. The third kappa shape index (κ3) is 5.08. The fraction of sp³-hybridized carbons (Fsp3) is 0.136. The monoisotopic (exact) mass is 471 g/mol. The number of carbonyl (C=O) groups excluding carboxylic acids is 2. The van der Waals surface area contributed by atoms with E-state index >= 15 is 0 Å². The molecule has 0 saturated carbocycles. The summed E-state index contributed by atoms with van der Waals surface area (Å²) in [4.78, 5) is 27.2. The topological polar surface area (TPSA) is 120 Å². The Bertz CT molecular complexity index is 1320. The largest absolute Gasteiger partial charge is 0.478 e. The summed E-state index contributed by atoms with van der Waals surface area (Å²) >= 11 is 0. The fourth-order valence-corrected chi connectivity index (χ4v) is 3.19. The van der Waals surface area contributed by atoms with Gasteiger partial charge < -0.3 is 5.11 Å². The van der Waals surface area contributed by atoms with Crippen LogP contribution in [0.3, 0.4) is 0 Å². The maximum atomic E-state index is 13.5. The zero-order chi connectivity index (χ0) is 24.9. The molecule has 12 heteroatoms. The highest BCUT2D eigenvalue weighted by Crippen LogP contribution is 2.34. The smallest absolute Gasteiger partial charge is 0.433 e. The molecule has 9 nitrogen and oxygen atoms in total.